The van der Waals surface area contributed by atoms with Gasteiger partial charge in [-0.2, -0.15) is 0 Å². The van der Waals surface area contributed by atoms with Crippen LogP contribution in [0.25, 0.3) is 0 Å². The van der Waals surface area contributed by atoms with Crippen molar-refractivity contribution in [2.45, 2.75) is 33.1 Å². The normalized spacial score (nSPS) is 10.4. The predicted octanol–water partition coefficient (Wildman–Crippen LogP) is 3.73. The first kappa shape index (κ1) is 18.8. The monoisotopic (exact) mass is 340 g/mol. The molecule has 0 atom stereocenters. The van der Waals surface area contributed by atoms with E-state index in [4.69, 9.17) is 4.74 Å². The van der Waals surface area contributed by atoms with Gasteiger partial charge < -0.3 is 15.4 Å². The molecule has 0 aliphatic heterocycles. The van der Waals surface area contributed by atoms with Crippen LogP contribution in [0.3, 0.4) is 0 Å². The maximum atomic E-state index is 12.0. The number of ether oxygens (including phenoxy) is 1. The van der Waals surface area contributed by atoms with Gasteiger partial charge in [-0.1, -0.05) is 43.3 Å². The van der Waals surface area contributed by atoms with Crippen molar-refractivity contribution in [1.82, 2.24) is 5.32 Å². The van der Waals surface area contributed by atoms with Crippen LogP contribution < -0.4 is 15.4 Å². The summed E-state index contributed by atoms with van der Waals surface area (Å²) >= 11 is 0. The minimum atomic E-state index is 0.0639. The van der Waals surface area contributed by atoms with Crippen LogP contribution in [0.2, 0.25) is 0 Å². The Labute approximate surface area is 150 Å². The zero-order valence-electron chi connectivity index (χ0n) is 15.4. The molecule has 2 rings (SSSR count). The minimum Gasteiger partial charge on any atom is -0.496 e. The van der Waals surface area contributed by atoms with Crippen LogP contribution in [0.1, 0.15) is 30.0 Å². The Morgan fingerprint density at radius 3 is 2.56 bits per heavy atom. The van der Waals surface area contributed by atoms with Crippen molar-refractivity contribution in [3.63, 3.8) is 0 Å². The molecular formula is C21H28N2O2. The van der Waals surface area contributed by atoms with Gasteiger partial charge in [-0.15, -0.1) is 0 Å². The summed E-state index contributed by atoms with van der Waals surface area (Å²) in [5.41, 5.74) is 4.77. The van der Waals surface area contributed by atoms with Gasteiger partial charge in [0, 0.05) is 25.2 Å². The molecule has 0 aromatic heterocycles. The second-order valence-electron chi connectivity index (χ2n) is 6.05. The number of carbonyl (C=O) groups is 1. The third-order valence-electron chi connectivity index (χ3n) is 4.30. The number of carbonyl (C=O) groups excluding carboxylic acids is 1. The van der Waals surface area contributed by atoms with E-state index in [1.54, 1.807) is 7.11 Å². The molecule has 25 heavy (non-hydrogen) atoms. The summed E-state index contributed by atoms with van der Waals surface area (Å²) < 4.78 is 5.33. The van der Waals surface area contributed by atoms with Gasteiger partial charge in [-0.3, -0.25) is 4.79 Å². The number of para-hydroxylation sites is 2. The van der Waals surface area contributed by atoms with Crippen molar-refractivity contribution in [2.24, 2.45) is 0 Å². The highest BCUT2D eigenvalue weighted by Crippen LogP contribution is 2.21. The van der Waals surface area contributed by atoms with Crippen LogP contribution in [-0.4, -0.2) is 26.1 Å². The van der Waals surface area contributed by atoms with Crippen molar-refractivity contribution >= 4 is 11.6 Å². The zero-order valence-corrected chi connectivity index (χ0v) is 15.4. The van der Waals surface area contributed by atoms with E-state index >= 15 is 0 Å². The minimum absolute atomic E-state index is 0.0639. The average Bonchev–Trinajstić information content (AvgIpc) is 2.63. The van der Waals surface area contributed by atoms with Gasteiger partial charge in [0.2, 0.25) is 5.91 Å². The summed E-state index contributed by atoms with van der Waals surface area (Å²) in [6.07, 6.45) is 2.21. The maximum Gasteiger partial charge on any atom is 0.221 e. The number of methoxy groups -OCH3 is 1. The second kappa shape index (κ2) is 9.72. The molecule has 0 spiro atoms. The Kier molecular flexibility index (Phi) is 7.33. The van der Waals surface area contributed by atoms with E-state index in [9.17, 15) is 4.79 Å². The van der Waals surface area contributed by atoms with E-state index < -0.39 is 0 Å². The van der Waals surface area contributed by atoms with Gasteiger partial charge in [0.05, 0.1) is 7.11 Å². The molecule has 0 fully saturated rings. The second-order valence-corrected chi connectivity index (χ2v) is 6.05. The molecule has 2 aromatic carbocycles. The molecule has 0 unspecified atom stereocenters. The van der Waals surface area contributed by atoms with Gasteiger partial charge in [-0.05, 0) is 42.5 Å². The predicted molar refractivity (Wildman–Crippen MR) is 103 cm³/mol. The van der Waals surface area contributed by atoms with Crippen LogP contribution >= 0.6 is 0 Å². The Hall–Kier alpha value is -2.49. The fourth-order valence-corrected chi connectivity index (χ4v) is 2.91. The molecule has 0 saturated heterocycles. The third kappa shape index (κ3) is 5.52. The van der Waals surface area contributed by atoms with Gasteiger partial charge in [0.1, 0.15) is 5.75 Å². The van der Waals surface area contributed by atoms with Crippen LogP contribution in [0, 0.1) is 6.92 Å². The molecule has 0 aliphatic carbocycles. The number of amides is 1. The summed E-state index contributed by atoms with van der Waals surface area (Å²) in [5, 5.41) is 6.39. The molecule has 4 heteroatoms. The molecule has 2 aromatic rings. The van der Waals surface area contributed by atoms with Crippen molar-refractivity contribution in [2.75, 3.05) is 25.5 Å². The highest BCUT2D eigenvalue weighted by Gasteiger charge is 2.06. The summed E-state index contributed by atoms with van der Waals surface area (Å²) in [4.78, 5) is 12.0. The zero-order chi connectivity index (χ0) is 18.1. The van der Waals surface area contributed by atoms with Crippen molar-refractivity contribution < 1.29 is 9.53 Å². The number of nitrogens with one attached hydrogen (secondary N) is 2. The lowest BCUT2D eigenvalue weighted by Gasteiger charge is -2.14. The van der Waals surface area contributed by atoms with E-state index in [0.29, 0.717) is 19.5 Å². The number of hydrogen-bond acceptors (Lipinski definition) is 3. The number of hydrogen-bond donors (Lipinski definition) is 2. The Bertz CT molecular complexity index is 698. The number of aryl methyl sites for hydroxylation is 2. The first-order valence-electron chi connectivity index (χ1n) is 8.86. The highest BCUT2D eigenvalue weighted by atomic mass is 16.5. The topological polar surface area (TPSA) is 50.4 Å². The molecule has 0 bridgehead atoms. The van der Waals surface area contributed by atoms with Crippen LogP contribution in [0.15, 0.2) is 42.5 Å². The number of benzene rings is 2. The summed E-state index contributed by atoms with van der Waals surface area (Å²) in [7, 11) is 1.67. The Morgan fingerprint density at radius 1 is 1.04 bits per heavy atom. The van der Waals surface area contributed by atoms with E-state index in [2.05, 4.69) is 42.7 Å². The van der Waals surface area contributed by atoms with E-state index in [0.717, 1.165) is 29.8 Å². The highest BCUT2D eigenvalue weighted by molar-refractivity contribution is 5.76. The summed E-state index contributed by atoms with van der Waals surface area (Å²) in [6, 6.07) is 14.2. The van der Waals surface area contributed by atoms with Crippen LogP contribution in [0.5, 0.6) is 5.75 Å². The Balaban J connectivity index is 1.75. The molecule has 0 aliphatic rings. The lowest BCUT2D eigenvalue weighted by molar-refractivity contribution is -0.120. The summed E-state index contributed by atoms with van der Waals surface area (Å²) in [6.45, 7) is 5.49. The van der Waals surface area contributed by atoms with E-state index in [-0.39, 0.29) is 5.91 Å². The largest absolute Gasteiger partial charge is 0.496 e. The standard InChI is InChI=1S/C21H28N2O2/c1-4-17-10-7-8-16(2)21(17)23-15-13-20(24)22-14-12-18-9-5-6-11-19(18)25-3/h5-11,23H,4,12-15H2,1-3H3,(H,22,24). The molecule has 134 valence electrons. The fraction of sp³-hybridized carbons (Fsp3) is 0.381. The molecular weight excluding hydrogens is 312 g/mol. The SMILES string of the molecule is CCc1cccc(C)c1NCCC(=O)NCCc1ccccc1OC. The van der Waals surface area contributed by atoms with Gasteiger partial charge >= 0.3 is 0 Å². The van der Waals surface area contributed by atoms with Gasteiger partial charge in [0.15, 0.2) is 0 Å². The van der Waals surface area contributed by atoms with E-state index in [1.807, 2.05) is 24.3 Å². The van der Waals surface area contributed by atoms with Crippen molar-refractivity contribution in [1.29, 1.82) is 0 Å². The van der Waals surface area contributed by atoms with Crippen molar-refractivity contribution in [3.05, 3.63) is 59.2 Å². The van der Waals surface area contributed by atoms with Gasteiger partial charge in [0.25, 0.3) is 0 Å². The van der Waals surface area contributed by atoms with Crippen molar-refractivity contribution in [3.8, 4) is 5.75 Å². The molecule has 0 heterocycles. The smallest absolute Gasteiger partial charge is 0.221 e. The number of anilines is 1. The quantitative estimate of drug-likeness (QED) is 0.731. The lowest BCUT2D eigenvalue weighted by atomic mass is 10.1. The van der Waals surface area contributed by atoms with Gasteiger partial charge in [-0.25, -0.2) is 0 Å². The first-order valence-corrected chi connectivity index (χ1v) is 8.86. The van der Waals surface area contributed by atoms with Crippen LogP contribution in [-0.2, 0) is 17.6 Å². The molecule has 1 amide bonds. The molecule has 2 N–H and O–H groups in total. The first-order chi connectivity index (χ1) is 12.2. The average molecular weight is 340 g/mol. The molecule has 4 nitrogen and oxygen atoms in total. The number of rotatable bonds is 9. The van der Waals surface area contributed by atoms with Crippen LogP contribution in [0.4, 0.5) is 5.69 Å². The molecule has 0 radical (unpaired) electrons. The lowest BCUT2D eigenvalue weighted by Crippen LogP contribution is -2.27. The fourth-order valence-electron chi connectivity index (χ4n) is 2.91. The Morgan fingerprint density at radius 2 is 1.80 bits per heavy atom. The molecule has 0 saturated carbocycles. The summed E-state index contributed by atoms with van der Waals surface area (Å²) in [5.74, 6) is 0.930. The maximum absolute atomic E-state index is 12.0. The third-order valence-corrected chi connectivity index (χ3v) is 4.30. The van der Waals surface area contributed by atoms with E-state index in [1.165, 1.54) is 11.1 Å².